The summed E-state index contributed by atoms with van der Waals surface area (Å²) in [6.45, 7) is 6.55. The zero-order valence-electron chi connectivity index (χ0n) is 50.4. The van der Waals surface area contributed by atoms with Gasteiger partial charge in [-0.1, -0.05) is 165 Å². The van der Waals surface area contributed by atoms with Gasteiger partial charge in [-0.15, -0.1) is 11.3 Å². The molecule has 398 valence electrons. The van der Waals surface area contributed by atoms with E-state index in [2.05, 4.69) is 236 Å². The molecule has 4 aromatic heterocycles. The molecule has 12 aromatic carbocycles. The molecule has 0 unspecified atom stereocenters. The van der Waals surface area contributed by atoms with E-state index in [0.717, 1.165) is 93.2 Å². The minimum absolute atomic E-state index is 0.147. The summed E-state index contributed by atoms with van der Waals surface area (Å²) < 4.78 is 50.5. The number of thiophene rings is 1. The van der Waals surface area contributed by atoms with E-state index in [4.69, 9.17) is 7.16 Å². The van der Waals surface area contributed by atoms with E-state index in [9.17, 15) is 8.00 Å². The van der Waals surface area contributed by atoms with Gasteiger partial charge in [-0.3, -0.25) is 0 Å². The average Bonchev–Trinajstić information content (AvgIpc) is 1.09. The van der Waals surface area contributed by atoms with Crippen LogP contribution in [-0.2, 0) is 5.41 Å². The molecular formula is C77H49BN4OS2. The van der Waals surface area contributed by atoms with Crippen molar-refractivity contribution in [3.05, 3.63) is 254 Å². The lowest BCUT2D eigenvalue weighted by Gasteiger charge is -2.41. The molecule has 0 saturated carbocycles. The number of furan rings is 1. The fraction of sp³-hybridized carbons (Fsp3) is 0.0519. The zero-order chi connectivity index (χ0) is 59.9. The van der Waals surface area contributed by atoms with Crippen molar-refractivity contribution < 1.29 is 9.90 Å². The maximum Gasteiger partial charge on any atom is 0.249 e. The first-order valence-corrected chi connectivity index (χ1v) is 30.4. The lowest BCUT2D eigenvalue weighted by Crippen LogP contribution is -2.59. The van der Waals surface area contributed by atoms with Crippen LogP contribution in [0.15, 0.2) is 257 Å². The fourth-order valence-electron chi connectivity index (χ4n) is 14.0. The summed E-state index contributed by atoms with van der Waals surface area (Å²) in [4.78, 5) is 4.77. The molecule has 0 bridgehead atoms. The number of nitrogens with zero attached hydrogens (tertiary/aromatic N) is 4. The van der Waals surface area contributed by atoms with E-state index >= 15 is 0 Å². The Morgan fingerprint density at radius 2 is 1.20 bits per heavy atom. The van der Waals surface area contributed by atoms with E-state index in [0.29, 0.717) is 33.1 Å². The number of hydrogen-bond acceptors (Lipinski definition) is 5. The minimum Gasteiger partial charge on any atom is -0.456 e. The molecule has 0 atom stereocenters. The van der Waals surface area contributed by atoms with Crippen LogP contribution < -0.4 is 21.3 Å². The van der Waals surface area contributed by atoms with E-state index in [1.54, 1.807) is 12.1 Å². The summed E-state index contributed by atoms with van der Waals surface area (Å²) in [7, 11) is 0. The third-order valence-corrected chi connectivity index (χ3v) is 20.1. The van der Waals surface area contributed by atoms with Gasteiger partial charge in [-0.05, 0) is 154 Å². The molecule has 8 heteroatoms. The first-order valence-electron chi connectivity index (χ1n) is 30.7. The van der Waals surface area contributed by atoms with Gasteiger partial charge in [0, 0.05) is 90.6 Å². The predicted octanol–water partition coefficient (Wildman–Crippen LogP) is 19.4. The molecule has 2 aliphatic heterocycles. The average molecular weight is 1130 g/mol. The number of hydrogen-bond donors (Lipinski definition) is 0. The van der Waals surface area contributed by atoms with Gasteiger partial charge in [0.1, 0.15) is 11.2 Å². The quantitative estimate of drug-likeness (QED) is 0.161. The summed E-state index contributed by atoms with van der Waals surface area (Å²) in [5.74, 6) is 0. The highest BCUT2D eigenvalue weighted by atomic mass is 32.2. The SMILES string of the molecule is [2H]c1c([2H])c([2H])c2c(c1[2H])c1cc(C#N)ccc1n2-c1ccc2c(c1)N(c1ccc(C(C)(C)C)cc1-c1ccccc1)c1cc(-c3ccc4oc5ccc6sc7ccccc7c6c5c4c3)cc3c1B2c1ccc(-n2c4ccccc4c4ccccc42)cc1S3. The maximum absolute atomic E-state index is 10.2. The fourth-order valence-corrected chi connectivity index (χ4v) is 16.3. The van der Waals surface area contributed by atoms with Crippen LogP contribution in [0.5, 0.6) is 0 Å². The molecule has 0 saturated heterocycles. The Hall–Kier alpha value is -10.0. The van der Waals surface area contributed by atoms with Crippen LogP contribution in [0.3, 0.4) is 0 Å². The van der Waals surface area contributed by atoms with Crippen LogP contribution in [0.1, 0.15) is 37.4 Å². The topological polar surface area (TPSA) is 50.0 Å². The number of benzene rings is 12. The van der Waals surface area contributed by atoms with Crippen molar-refractivity contribution in [2.75, 3.05) is 4.90 Å². The van der Waals surface area contributed by atoms with Crippen molar-refractivity contribution in [3.8, 4) is 39.7 Å². The molecule has 18 rings (SSSR count). The van der Waals surface area contributed by atoms with Crippen LogP contribution in [-0.4, -0.2) is 15.8 Å². The molecule has 2 aliphatic rings. The van der Waals surface area contributed by atoms with Gasteiger partial charge in [-0.25, -0.2) is 0 Å². The molecule has 0 radical (unpaired) electrons. The largest absolute Gasteiger partial charge is 0.456 e. The Balaban J connectivity index is 0.949. The molecular weight excluding hydrogens is 1070 g/mol. The summed E-state index contributed by atoms with van der Waals surface area (Å²) in [5.41, 5.74) is 18.9. The van der Waals surface area contributed by atoms with Crippen molar-refractivity contribution in [3.63, 3.8) is 0 Å². The van der Waals surface area contributed by atoms with Gasteiger partial charge in [0.2, 0.25) is 6.71 Å². The lowest BCUT2D eigenvalue weighted by molar-refractivity contribution is 0.590. The Morgan fingerprint density at radius 3 is 2.01 bits per heavy atom. The smallest absolute Gasteiger partial charge is 0.249 e. The van der Waals surface area contributed by atoms with Gasteiger partial charge in [-0.2, -0.15) is 5.26 Å². The van der Waals surface area contributed by atoms with Gasteiger partial charge >= 0.3 is 0 Å². The van der Waals surface area contributed by atoms with E-state index in [-0.39, 0.29) is 36.3 Å². The van der Waals surface area contributed by atoms with Crippen molar-refractivity contribution in [2.24, 2.45) is 0 Å². The number of aromatic nitrogens is 2. The molecule has 0 fully saturated rings. The summed E-state index contributed by atoms with van der Waals surface area (Å²) in [6.07, 6.45) is 0. The third kappa shape index (κ3) is 7.12. The molecule has 6 heterocycles. The Labute approximate surface area is 504 Å². The van der Waals surface area contributed by atoms with Crippen molar-refractivity contribution in [2.45, 2.75) is 36.0 Å². The maximum atomic E-state index is 10.2. The van der Waals surface area contributed by atoms with Crippen molar-refractivity contribution in [1.82, 2.24) is 9.13 Å². The van der Waals surface area contributed by atoms with Gasteiger partial charge in [0.15, 0.2) is 0 Å². The number of rotatable bonds is 5. The minimum atomic E-state index is -0.321. The highest BCUT2D eigenvalue weighted by molar-refractivity contribution is 8.00. The van der Waals surface area contributed by atoms with Gasteiger partial charge in [0.25, 0.3) is 0 Å². The normalized spacial score (nSPS) is 13.7. The molecule has 0 N–H and O–H groups in total. The van der Waals surface area contributed by atoms with Crippen LogP contribution in [0.2, 0.25) is 0 Å². The second kappa shape index (κ2) is 18.0. The monoisotopic (exact) mass is 1120 g/mol. The molecule has 0 aliphatic carbocycles. The first kappa shape index (κ1) is 44.5. The van der Waals surface area contributed by atoms with Crippen LogP contribution >= 0.6 is 23.1 Å². The highest BCUT2D eigenvalue weighted by Crippen LogP contribution is 2.50. The van der Waals surface area contributed by atoms with Crippen molar-refractivity contribution >= 4 is 149 Å². The molecule has 5 nitrogen and oxygen atoms in total. The molecule has 85 heavy (non-hydrogen) atoms. The van der Waals surface area contributed by atoms with E-state index in [1.807, 2.05) is 33.7 Å². The first-order chi connectivity index (χ1) is 43.4. The van der Waals surface area contributed by atoms with Crippen molar-refractivity contribution in [1.29, 1.82) is 5.26 Å². The number of anilines is 3. The third-order valence-electron chi connectivity index (χ3n) is 17.9. The summed E-state index contributed by atoms with van der Waals surface area (Å²) in [6, 6.07) is 79.7. The zero-order valence-corrected chi connectivity index (χ0v) is 48.0. The van der Waals surface area contributed by atoms with E-state index in [1.165, 1.54) is 47.4 Å². The Bertz CT molecular complexity index is 5820. The van der Waals surface area contributed by atoms with Crippen LogP contribution in [0.25, 0.3) is 119 Å². The second-order valence-electron chi connectivity index (χ2n) is 23.6. The Morgan fingerprint density at radius 1 is 0.482 bits per heavy atom. The van der Waals surface area contributed by atoms with Gasteiger partial charge in [0.05, 0.1) is 44.9 Å². The number of fused-ring (bicyclic) bond motifs is 17. The predicted molar refractivity (Wildman–Crippen MR) is 359 cm³/mol. The number of para-hydroxylation sites is 3. The molecule has 0 spiro atoms. The summed E-state index contributed by atoms with van der Waals surface area (Å²) >= 11 is 3.64. The number of nitriles is 1. The Kier molecular flexibility index (Phi) is 9.42. The summed E-state index contributed by atoms with van der Waals surface area (Å²) in [5, 5.41) is 18.2. The van der Waals surface area contributed by atoms with E-state index < -0.39 is 0 Å². The van der Waals surface area contributed by atoms with Crippen LogP contribution in [0.4, 0.5) is 17.1 Å². The molecule has 0 amide bonds. The highest BCUT2D eigenvalue weighted by Gasteiger charge is 2.42. The standard InChI is InChI=1S/C77H49BN4OS2/c1-77(2,3)49-27-33-64(56(41-49)46-15-5-4-6-16-46)82-66-42-50(80-63-23-13-9-19-54(63)57-37-45(44-79)25-32-65(57)80)28-30-59(66)78-60-31-29-51(81-61-21-11-7-17-52(61)53-18-8-12-22-62(53)81)43-72(60)85-73-40-48(39-67(82)76(73)78)47-26-34-68-58(38-47)74-69(83-68)35-36-71-75(74)55-20-10-14-24-70(55)84-71/h4-43H,1-3H3/i9D,13D,19D,23D. The lowest BCUT2D eigenvalue weighted by atomic mass is 9.35. The van der Waals surface area contributed by atoms with Crippen LogP contribution in [0, 0.1) is 11.3 Å². The van der Waals surface area contributed by atoms with Gasteiger partial charge < -0.3 is 18.5 Å². The molecule has 16 aromatic rings. The second-order valence-corrected chi connectivity index (χ2v) is 25.8.